The second-order valence-electron chi connectivity index (χ2n) is 4.71. The van der Waals surface area contributed by atoms with Gasteiger partial charge in [0.2, 0.25) is 0 Å². The first-order valence-electron chi connectivity index (χ1n) is 5.75. The quantitative estimate of drug-likeness (QED) is 0.664. The lowest BCUT2D eigenvalue weighted by atomic mass is 10.1. The first kappa shape index (κ1) is 10.7. The van der Waals surface area contributed by atoms with Crippen LogP contribution in [0.4, 0.5) is 0 Å². The molecule has 1 aromatic carbocycles. The van der Waals surface area contributed by atoms with E-state index in [4.69, 9.17) is 0 Å². The number of allylic oxidation sites excluding steroid dienone is 1. The van der Waals surface area contributed by atoms with Crippen LogP contribution in [0.2, 0.25) is 13.1 Å². The molecule has 79 valence electrons. The molecule has 0 nitrogen and oxygen atoms in total. The second-order valence-corrected chi connectivity index (χ2v) is 7.25. The summed E-state index contributed by atoms with van der Waals surface area (Å²) in [6.45, 7) is 9.26. The molecule has 0 saturated heterocycles. The van der Waals surface area contributed by atoms with E-state index in [1.54, 1.807) is 16.3 Å². The minimum absolute atomic E-state index is 0.323. The minimum atomic E-state index is -0.323. The van der Waals surface area contributed by atoms with E-state index in [-0.39, 0.29) is 8.80 Å². The van der Waals surface area contributed by atoms with Gasteiger partial charge in [-0.2, -0.15) is 0 Å². The smallest absolute Gasteiger partial charge is 0.0671 e. The van der Waals surface area contributed by atoms with E-state index in [2.05, 4.69) is 45.2 Å². The lowest BCUT2D eigenvalue weighted by molar-refractivity contribution is 1.04. The molecule has 0 unspecified atom stereocenters. The van der Waals surface area contributed by atoms with E-state index in [1.807, 2.05) is 0 Å². The number of benzene rings is 1. The standard InChI is InChI=1S/C14H19Si/c1-5-11-8-12-6-10(2)7-14(15(3)4)13(12)9-11/h6-8H,5,9H2,1-4H3. The van der Waals surface area contributed by atoms with Crippen molar-refractivity contribution in [3.8, 4) is 0 Å². The van der Waals surface area contributed by atoms with E-state index in [9.17, 15) is 0 Å². The third-order valence-electron chi connectivity index (χ3n) is 3.19. The molecule has 0 atom stereocenters. The molecule has 2 rings (SSSR count). The van der Waals surface area contributed by atoms with E-state index in [1.165, 1.54) is 24.0 Å². The highest BCUT2D eigenvalue weighted by Gasteiger charge is 2.17. The van der Waals surface area contributed by atoms with Crippen LogP contribution in [0.5, 0.6) is 0 Å². The minimum Gasteiger partial charge on any atom is -0.0671 e. The Morgan fingerprint density at radius 1 is 1.27 bits per heavy atom. The third-order valence-corrected chi connectivity index (χ3v) is 4.71. The number of rotatable bonds is 2. The third kappa shape index (κ3) is 1.93. The van der Waals surface area contributed by atoms with Gasteiger partial charge in [-0.1, -0.05) is 54.5 Å². The highest BCUT2D eigenvalue weighted by atomic mass is 28.3. The van der Waals surface area contributed by atoms with Crippen LogP contribution >= 0.6 is 0 Å². The zero-order chi connectivity index (χ0) is 11.0. The number of hydrogen-bond donors (Lipinski definition) is 0. The van der Waals surface area contributed by atoms with Crippen LogP contribution in [0.1, 0.15) is 30.0 Å². The van der Waals surface area contributed by atoms with Crippen LogP contribution in [0.15, 0.2) is 17.7 Å². The summed E-state index contributed by atoms with van der Waals surface area (Å²) >= 11 is 0. The SMILES string of the molecule is CCC1=Cc2cc(C)cc([Si](C)C)c2C1. The van der Waals surface area contributed by atoms with Crippen LogP contribution < -0.4 is 5.19 Å². The monoisotopic (exact) mass is 215 g/mol. The summed E-state index contributed by atoms with van der Waals surface area (Å²) in [6, 6.07) is 4.74. The lowest BCUT2D eigenvalue weighted by Gasteiger charge is -2.12. The van der Waals surface area contributed by atoms with Gasteiger partial charge in [0.25, 0.3) is 0 Å². The molecule has 0 saturated carbocycles. The van der Waals surface area contributed by atoms with Gasteiger partial charge in [0, 0.05) is 0 Å². The fourth-order valence-electron chi connectivity index (χ4n) is 2.34. The van der Waals surface area contributed by atoms with Gasteiger partial charge in [-0.3, -0.25) is 0 Å². The van der Waals surface area contributed by atoms with Gasteiger partial charge in [-0.15, -0.1) is 0 Å². The zero-order valence-electron chi connectivity index (χ0n) is 10.1. The van der Waals surface area contributed by atoms with Gasteiger partial charge >= 0.3 is 0 Å². The van der Waals surface area contributed by atoms with E-state index >= 15 is 0 Å². The Balaban J connectivity index is 2.50. The molecule has 0 fully saturated rings. The average Bonchev–Trinajstić information content (AvgIpc) is 2.58. The van der Waals surface area contributed by atoms with Crippen molar-refractivity contribution >= 4 is 20.1 Å². The van der Waals surface area contributed by atoms with Crippen molar-refractivity contribution in [3.63, 3.8) is 0 Å². The van der Waals surface area contributed by atoms with Crippen molar-refractivity contribution in [1.29, 1.82) is 0 Å². The largest absolute Gasteiger partial charge is 0.0795 e. The molecule has 0 N–H and O–H groups in total. The fraction of sp³-hybridized carbons (Fsp3) is 0.429. The van der Waals surface area contributed by atoms with Gasteiger partial charge in [0.05, 0.1) is 8.80 Å². The Kier molecular flexibility index (Phi) is 2.83. The molecule has 1 heteroatoms. The number of aryl methyl sites for hydroxylation is 1. The summed E-state index contributed by atoms with van der Waals surface area (Å²) < 4.78 is 0. The number of hydrogen-bond acceptors (Lipinski definition) is 0. The molecule has 1 aliphatic rings. The van der Waals surface area contributed by atoms with Crippen LogP contribution in [0.3, 0.4) is 0 Å². The van der Waals surface area contributed by atoms with Crippen molar-refractivity contribution in [3.05, 3.63) is 34.4 Å². The maximum absolute atomic E-state index is 2.40. The summed E-state index contributed by atoms with van der Waals surface area (Å²) in [7, 11) is -0.323. The molecule has 1 aromatic rings. The van der Waals surface area contributed by atoms with Crippen LogP contribution in [-0.4, -0.2) is 8.80 Å². The first-order valence-corrected chi connectivity index (χ1v) is 8.25. The molecular weight excluding hydrogens is 196 g/mol. The van der Waals surface area contributed by atoms with E-state index in [0.717, 1.165) is 0 Å². The van der Waals surface area contributed by atoms with Gasteiger partial charge in [-0.25, -0.2) is 0 Å². The number of fused-ring (bicyclic) bond motifs is 1. The van der Waals surface area contributed by atoms with Crippen LogP contribution in [0, 0.1) is 6.92 Å². The Bertz CT molecular complexity index is 414. The predicted octanol–water partition coefficient (Wildman–Crippen LogP) is 3.31. The van der Waals surface area contributed by atoms with Gasteiger partial charge in [0.1, 0.15) is 0 Å². The summed E-state index contributed by atoms with van der Waals surface area (Å²) in [6.07, 6.45) is 4.80. The summed E-state index contributed by atoms with van der Waals surface area (Å²) in [5, 5.41) is 1.65. The average molecular weight is 215 g/mol. The Hall–Kier alpha value is -0.823. The van der Waals surface area contributed by atoms with Crippen molar-refractivity contribution in [2.24, 2.45) is 0 Å². The molecule has 0 amide bonds. The predicted molar refractivity (Wildman–Crippen MR) is 70.3 cm³/mol. The highest BCUT2D eigenvalue weighted by Crippen LogP contribution is 2.26. The Labute approximate surface area is 94.6 Å². The summed E-state index contributed by atoms with van der Waals surface area (Å²) in [5.41, 5.74) is 6.13. The Morgan fingerprint density at radius 2 is 2.00 bits per heavy atom. The maximum Gasteiger partial charge on any atom is 0.0795 e. The van der Waals surface area contributed by atoms with Gasteiger partial charge in [-0.05, 0) is 30.9 Å². The Morgan fingerprint density at radius 3 is 2.60 bits per heavy atom. The highest BCUT2D eigenvalue weighted by molar-refractivity contribution is 6.71. The van der Waals surface area contributed by atoms with Crippen LogP contribution in [-0.2, 0) is 6.42 Å². The zero-order valence-corrected chi connectivity index (χ0v) is 11.1. The van der Waals surface area contributed by atoms with Crippen molar-refractivity contribution < 1.29 is 0 Å². The molecule has 1 aliphatic carbocycles. The van der Waals surface area contributed by atoms with E-state index in [0.29, 0.717) is 0 Å². The van der Waals surface area contributed by atoms with Crippen molar-refractivity contribution in [2.75, 3.05) is 0 Å². The van der Waals surface area contributed by atoms with E-state index < -0.39 is 0 Å². The van der Waals surface area contributed by atoms with Crippen molar-refractivity contribution in [1.82, 2.24) is 0 Å². The summed E-state index contributed by atoms with van der Waals surface area (Å²) in [4.78, 5) is 0. The normalized spacial score (nSPS) is 14.3. The van der Waals surface area contributed by atoms with Gasteiger partial charge in [0.15, 0.2) is 0 Å². The lowest BCUT2D eigenvalue weighted by Crippen LogP contribution is -2.27. The molecule has 0 heterocycles. The molecule has 15 heavy (non-hydrogen) atoms. The molecule has 0 aliphatic heterocycles. The van der Waals surface area contributed by atoms with Crippen LogP contribution in [0.25, 0.3) is 6.08 Å². The maximum atomic E-state index is 2.40. The second kappa shape index (κ2) is 3.97. The first-order chi connectivity index (χ1) is 7.11. The van der Waals surface area contributed by atoms with Gasteiger partial charge < -0.3 is 0 Å². The topological polar surface area (TPSA) is 0 Å². The molecule has 0 bridgehead atoms. The molecular formula is C14H19Si. The molecule has 0 aromatic heterocycles. The van der Waals surface area contributed by atoms with Crippen molar-refractivity contribution in [2.45, 2.75) is 39.8 Å². The molecule has 1 radical (unpaired) electrons. The molecule has 0 spiro atoms. The summed E-state index contributed by atoms with van der Waals surface area (Å²) in [5.74, 6) is 0. The fourth-order valence-corrected chi connectivity index (χ4v) is 3.69.